The maximum atomic E-state index is 13.6. The molecule has 41 heavy (non-hydrogen) atoms. The van der Waals surface area contributed by atoms with Crippen molar-refractivity contribution in [3.05, 3.63) is 35.9 Å². The lowest BCUT2D eigenvalue weighted by molar-refractivity contribution is -0.169. The standard InChI is InChI=1S/C30H45N3O8/c1-7-19(6)27(36)32-21(15-20-11-9-8-10-12-20)30(39)41-23(16-24(34)35)26-22(40-29(38)18(4)5)13-14-33(26)28(37)25(31)17(2)3/h8-12,17-19,21-23,25-26H,7,13-16,31H2,1-6H3,(H,32,36)(H,34,35). The minimum absolute atomic E-state index is 0.110. The highest BCUT2D eigenvalue weighted by atomic mass is 16.6. The van der Waals surface area contributed by atoms with Crippen LogP contribution in [0.15, 0.2) is 30.3 Å². The number of esters is 2. The number of amides is 2. The molecule has 2 rings (SSSR count). The van der Waals surface area contributed by atoms with Crippen LogP contribution in [0.1, 0.15) is 66.4 Å². The van der Waals surface area contributed by atoms with Crippen LogP contribution < -0.4 is 11.1 Å². The molecule has 4 N–H and O–H groups in total. The predicted octanol–water partition coefficient (Wildman–Crippen LogP) is 2.30. The van der Waals surface area contributed by atoms with Crippen molar-refractivity contribution >= 4 is 29.7 Å². The molecule has 1 heterocycles. The van der Waals surface area contributed by atoms with Crippen molar-refractivity contribution in [2.45, 2.75) is 97.6 Å². The summed E-state index contributed by atoms with van der Waals surface area (Å²) < 4.78 is 11.5. The SMILES string of the molecule is CCC(C)C(=O)NC(Cc1ccccc1)C(=O)OC(CC(=O)O)C1C(OC(=O)C(C)C)CCN1C(=O)C(N)C(C)C. The molecule has 0 bridgehead atoms. The summed E-state index contributed by atoms with van der Waals surface area (Å²) in [4.78, 5) is 65.7. The predicted molar refractivity (Wildman–Crippen MR) is 151 cm³/mol. The Kier molecular flexibility index (Phi) is 12.8. The molecule has 1 aromatic rings. The molecule has 1 aliphatic heterocycles. The highest BCUT2D eigenvalue weighted by Gasteiger charge is 2.48. The smallest absolute Gasteiger partial charge is 0.329 e. The van der Waals surface area contributed by atoms with Gasteiger partial charge in [-0.1, -0.05) is 71.9 Å². The average Bonchev–Trinajstić information content (AvgIpc) is 3.34. The van der Waals surface area contributed by atoms with Crippen LogP contribution in [-0.2, 0) is 39.9 Å². The first-order chi connectivity index (χ1) is 19.3. The third-order valence-corrected chi connectivity index (χ3v) is 7.39. The van der Waals surface area contributed by atoms with E-state index in [0.29, 0.717) is 6.42 Å². The van der Waals surface area contributed by atoms with Gasteiger partial charge in [-0.2, -0.15) is 0 Å². The third kappa shape index (κ3) is 9.55. The second-order valence-electron chi connectivity index (χ2n) is 11.3. The monoisotopic (exact) mass is 575 g/mol. The van der Waals surface area contributed by atoms with Crippen LogP contribution in [0.4, 0.5) is 0 Å². The fourth-order valence-electron chi connectivity index (χ4n) is 4.55. The highest BCUT2D eigenvalue weighted by molar-refractivity contribution is 5.86. The Balaban J connectivity index is 2.46. The fraction of sp³-hybridized carbons (Fsp3) is 0.633. The van der Waals surface area contributed by atoms with E-state index in [1.54, 1.807) is 58.9 Å². The van der Waals surface area contributed by atoms with Crippen LogP contribution in [0.25, 0.3) is 0 Å². The molecular weight excluding hydrogens is 530 g/mol. The van der Waals surface area contributed by atoms with Crippen molar-refractivity contribution in [1.82, 2.24) is 10.2 Å². The van der Waals surface area contributed by atoms with E-state index in [0.717, 1.165) is 5.56 Å². The molecule has 2 amide bonds. The summed E-state index contributed by atoms with van der Waals surface area (Å²) in [5, 5.41) is 12.5. The van der Waals surface area contributed by atoms with E-state index in [9.17, 15) is 29.1 Å². The number of carbonyl (C=O) groups is 5. The number of carboxylic acids is 1. The van der Waals surface area contributed by atoms with Gasteiger partial charge in [-0.15, -0.1) is 0 Å². The number of nitrogens with two attached hydrogens (primary N) is 1. The molecule has 1 aliphatic rings. The number of nitrogens with one attached hydrogen (secondary N) is 1. The van der Waals surface area contributed by atoms with Gasteiger partial charge in [-0.25, -0.2) is 4.79 Å². The first-order valence-corrected chi connectivity index (χ1v) is 14.3. The first kappa shape index (κ1) is 33.7. The van der Waals surface area contributed by atoms with E-state index in [1.165, 1.54) is 4.90 Å². The number of likely N-dealkylation sites (tertiary alicyclic amines) is 1. The maximum Gasteiger partial charge on any atom is 0.329 e. The van der Waals surface area contributed by atoms with E-state index in [-0.39, 0.29) is 37.1 Å². The van der Waals surface area contributed by atoms with Gasteiger partial charge in [0.25, 0.3) is 0 Å². The molecule has 1 saturated heterocycles. The van der Waals surface area contributed by atoms with Crippen LogP contribution in [0.2, 0.25) is 0 Å². The van der Waals surface area contributed by atoms with Gasteiger partial charge in [-0.05, 0) is 17.9 Å². The third-order valence-electron chi connectivity index (χ3n) is 7.39. The number of hydrogen-bond donors (Lipinski definition) is 3. The van der Waals surface area contributed by atoms with Crippen molar-refractivity contribution in [3.8, 4) is 0 Å². The summed E-state index contributed by atoms with van der Waals surface area (Å²) in [5.74, 6) is -4.49. The minimum atomic E-state index is -1.37. The van der Waals surface area contributed by atoms with Gasteiger partial charge in [0.15, 0.2) is 0 Å². The topological polar surface area (TPSA) is 165 Å². The fourth-order valence-corrected chi connectivity index (χ4v) is 4.55. The minimum Gasteiger partial charge on any atom is -0.481 e. The summed E-state index contributed by atoms with van der Waals surface area (Å²) in [6, 6.07) is 5.95. The molecule has 11 nitrogen and oxygen atoms in total. The van der Waals surface area contributed by atoms with Crippen molar-refractivity contribution in [2.24, 2.45) is 23.5 Å². The van der Waals surface area contributed by atoms with Gasteiger partial charge in [-0.3, -0.25) is 19.2 Å². The zero-order valence-corrected chi connectivity index (χ0v) is 24.9. The quantitative estimate of drug-likeness (QED) is 0.282. The maximum absolute atomic E-state index is 13.6. The van der Waals surface area contributed by atoms with Crippen molar-refractivity contribution in [3.63, 3.8) is 0 Å². The summed E-state index contributed by atoms with van der Waals surface area (Å²) in [6.45, 7) is 10.6. The van der Waals surface area contributed by atoms with Gasteiger partial charge in [0.05, 0.1) is 18.4 Å². The van der Waals surface area contributed by atoms with Crippen LogP contribution in [-0.4, -0.2) is 76.6 Å². The van der Waals surface area contributed by atoms with E-state index in [4.69, 9.17) is 15.2 Å². The van der Waals surface area contributed by atoms with Crippen molar-refractivity contribution in [2.75, 3.05) is 6.54 Å². The van der Waals surface area contributed by atoms with Crippen molar-refractivity contribution < 1.29 is 38.6 Å². The van der Waals surface area contributed by atoms with Gasteiger partial charge in [0, 0.05) is 25.3 Å². The molecule has 0 aromatic heterocycles. The summed E-state index contributed by atoms with van der Waals surface area (Å²) in [6.07, 6.45) is -2.03. The van der Waals surface area contributed by atoms with Gasteiger partial charge in [0.2, 0.25) is 11.8 Å². The number of carboxylic acid groups (broad SMARTS) is 1. The molecule has 228 valence electrons. The average molecular weight is 576 g/mol. The molecule has 0 radical (unpaired) electrons. The summed E-state index contributed by atoms with van der Waals surface area (Å²) in [7, 11) is 0. The van der Waals surface area contributed by atoms with E-state index >= 15 is 0 Å². The second kappa shape index (κ2) is 15.5. The number of nitrogens with zero attached hydrogens (tertiary/aromatic N) is 1. The van der Waals surface area contributed by atoms with Crippen molar-refractivity contribution in [1.29, 1.82) is 0 Å². The highest BCUT2D eigenvalue weighted by Crippen LogP contribution is 2.29. The number of rotatable bonds is 14. The Morgan fingerprint density at radius 3 is 2.22 bits per heavy atom. The number of benzene rings is 1. The molecule has 1 aromatic carbocycles. The molecule has 1 fully saturated rings. The van der Waals surface area contributed by atoms with Crippen LogP contribution >= 0.6 is 0 Å². The Morgan fingerprint density at radius 2 is 1.68 bits per heavy atom. The molecule has 0 spiro atoms. The zero-order chi connectivity index (χ0) is 30.9. The summed E-state index contributed by atoms with van der Waals surface area (Å²) >= 11 is 0. The molecule has 0 aliphatic carbocycles. The van der Waals surface area contributed by atoms with Gasteiger partial charge < -0.3 is 30.5 Å². The lowest BCUT2D eigenvalue weighted by atomic mass is 9.99. The van der Waals surface area contributed by atoms with E-state index in [2.05, 4.69) is 5.32 Å². The number of ether oxygens (including phenoxy) is 2. The first-order valence-electron chi connectivity index (χ1n) is 14.3. The zero-order valence-electron chi connectivity index (χ0n) is 24.9. The molecule has 11 heteroatoms. The van der Waals surface area contributed by atoms with Crippen LogP contribution in [0, 0.1) is 17.8 Å². The number of hydrogen-bond acceptors (Lipinski definition) is 8. The van der Waals surface area contributed by atoms with Gasteiger partial charge in [0.1, 0.15) is 24.3 Å². The lowest BCUT2D eigenvalue weighted by Gasteiger charge is -2.36. The lowest BCUT2D eigenvalue weighted by Crippen LogP contribution is -2.56. The van der Waals surface area contributed by atoms with E-state index in [1.807, 2.05) is 13.0 Å². The Labute approximate surface area is 242 Å². The molecule has 6 unspecified atom stereocenters. The number of carbonyl (C=O) groups excluding carboxylic acids is 4. The molecular formula is C30H45N3O8. The molecule has 6 atom stereocenters. The summed E-state index contributed by atoms with van der Waals surface area (Å²) in [5.41, 5.74) is 6.92. The molecule has 0 saturated carbocycles. The van der Waals surface area contributed by atoms with Crippen LogP contribution in [0.3, 0.4) is 0 Å². The Morgan fingerprint density at radius 1 is 1.05 bits per heavy atom. The van der Waals surface area contributed by atoms with Gasteiger partial charge >= 0.3 is 17.9 Å². The van der Waals surface area contributed by atoms with Crippen LogP contribution in [0.5, 0.6) is 0 Å². The largest absolute Gasteiger partial charge is 0.481 e. The normalized spacial score (nSPS) is 19.8. The number of aliphatic carboxylic acids is 1. The second-order valence-corrected chi connectivity index (χ2v) is 11.3. The Bertz CT molecular complexity index is 1060. The Hall–Kier alpha value is -3.47. The van der Waals surface area contributed by atoms with E-state index < -0.39 is 66.5 Å².